The number of carbonyl (C=O) groups excluding carboxylic acids is 2. The van der Waals surface area contributed by atoms with Crippen LogP contribution in [0.25, 0.3) is 0 Å². The van der Waals surface area contributed by atoms with Gasteiger partial charge in [-0.05, 0) is 31.0 Å². The maximum Gasteiger partial charge on any atom is 0.239 e. The van der Waals surface area contributed by atoms with Crippen LogP contribution >= 0.6 is 0 Å². The molecule has 0 radical (unpaired) electrons. The molecule has 0 aliphatic heterocycles. The number of anilines is 2. The number of nitrogens with one attached hydrogen (secondary N) is 3. The normalized spacial score (nSPS) is 10.8. The highest BCUT2D eigenvalue weighted by Crippen LogP contribution is 2.23. The van der Waals surface area contributed by atoms with Crippen LogP contribution < -0.4 is 16.0 Å². The van der Waals surface area contributed by atoms with Gasteiger partial charge >= 0.3 is 0 Å². The Morgan fingerprint density at radius 1 is 0.697 bits per heavy atom. The van der Waals surface area contributed by atoms with E-state index >= 15 is 0 Å². The zero-order valence-electron chi connectivity index (χ0n) is 21.6. The van der Waals surface area contributed by atoms with Gasteiger partial charge in [-0.2, -0.15) is 0 Å². The Morgan fingerprint density at radius 2 is 1.21 bits per heavy atom. The summed E-state index contributed by atoms with van der Waals surface area (Å²) in [5.41, 5.74) is 2.60. The van der Waals surface area contributed by atoms with Crippen molar-refractivity contribution < 1.29 is 9.59 Å². The van der Waals surface area contributed by atoms with E-state index in [0.29, 0.717) is 6.42 Å². The Hall–Kier alpha value is -2.04. The lowest BCUT2D eigenvalue weighted by atomic mass is 10.0. The lowest BCUT2D eigenvalue weighted by molar-refractivity contribution is -0.119. The van der Waals surface area contributed by atoms with E-state index in [-0.39, 0.29) is 18.4 Å². The SMILES string of the molecule is CCCCCCCCCCCCCCCCNC(=O)CNc1cccc(NC(=O)CC)c1C. The van der Waals surface area contributed by atoms with Gasteiger partial charge in [0.15, 0.2) is 0 Å². The number of carbonyl (C=O) groups is 2. The molecule has 1 aromatic rings. The highest BCUT2D eigenvalue weighted by molar-refractivity contribution is 5.92. The Morgan fingerprint density at radius 3 is 1.76 bits per heavy atom. The summed E-state index contributed by atoms with van der Waals surface area (Å²) < 4.78 is 0. The second kappa shape index (κ2) is 19.4. The summed E-state index contributed by atoms with van der Waals surface area (Å²) in [6, 6.07) is 5.69. The van der Waals surface area contributed by atoms with Gasteiger partial charge in [-0.3, -0.25) is 9.59 Å². The molecule has 5 heteroatoms. The molecule has 0 spiro atoms. The first kappa shape index (κ1) is 29.0. The smallest absolute Gasteiger partial charge is 0.239 e. The molecule has 0 heterocycles. The molecule has 0 bridgehead atoms. The first-order valence-corrected chi connectivity index (χ1v) is 13.5. The predicted molar refractivity (Wildman–Crippen MR) is 142 cm³/mol. The summed E-state index contributed by atoms with van der Waals surface area (Å²) in [5, 5.41) is 9.08. The first-order chi connectivity index (χ1) is 16.1. The molecule has 0 atom stereocenters. The quantitative estimate of drug-likeness (QED) is 0.178. The topological polar surface area (TPSA) is 70.2 Å². The average Bonchev–Trinajstić information content (AvgIpc) is 2.82. The van der Waals surface area contributed by atoms with E-state index in [2.05, 4.69) is 22.9 Å². The molecule has 0 aromatic heterocycles. The minimum atomic E-state index is -0.0128. The molecule has 0 saturated heterocycles. The van der Waals surface area contributed by atoms with Crippen molar-refractivity contribution in [1.29, 1.82) is 0 Å². The monoisotopic (exact) mass is 459 g/mol. The number of rotatable bonds is 20. The minimum absolute atomic E-state index is 0.00657. The van der Waals surface area contributed by atoms with Crippen LogP contribution in [0.15, 0.2) is 18.2 Å². The molecule has 0 aliphatic carbocycles. The van der Waals surface area contributed by atoms with Crippen molar-refractivity contribution in [3.05, 3.63) is 23.8 Å². The molecule has 33 heavy (non-hydrogen) atoms. The average molecular weight is 460 g/mol. The third-order valence-corrected chi connectivity index (χ3v) is 6.22. The molecule has 0 saturated carbocycles. The second-order valence-corrected chi connectivity index (χ2v) is 9.18. The Labute approximate surface area is 202 Å². The maximum absolute atomic E-state index is 12.1. The van der Waals surface area contributed by atoms with Crippen LogP contribution in [0, 0.1) is 6.92 Å². The van der Waals surface area contributed by atoms with Gasteiger partial charge in [-0.1, -0.05) is 103 Å². The van der Waals surface area contributed by atoms with E-state index in [1.54, 1.807) is 0 Å². The molecule has 2 amide bonds. The van der Waals surface area contributed by atoms with Crippen LogP contribution in [0.4, 0.5) is 11.4 Å². The van der Waals surface area contributed by atoms with Crippen molar-refractivity contribution in [3.63, 3.8) is 0 Å². The number of hydrogen-bond acceptors (Lipinski definition) is 3. The van der Waals surface area contributed by atoms with Gasteiger partial charge in [0.05, 0.1) is 6.54 Å². The zero-order valence-corrected chi connectivity index (χ0v) is 21.6. The summed E-state index contributed by atoms with van der Waals surface area (Å²) in [7, 11) is 0. The van der Waals surface area contributed by atoms with Crippen LogP contribution in [0.1, 0.15) is 116 Å². The summed E-state index contributed by atoms with van der Waals surface area (Å²) >= 11 is 0. The fourth-order valence-corrected chi connectivity index (χ4v) is 3.99. The van der Waals surface area contributed by atoms with Gasteiger partial charge in [0.1, 0.15) is 0 Å². The Balaban J connectivity index is 2.00. The Bertz CT molecular complexity index is 661. The summed E-state index contributed by atoms with van der Waals surface area (Å²) in [5.74, 6) is -0.00625. The summed E-state index contributed by atoms with van der Waals surface area (Å²) in [6.07, 6.45) is 19.2. The maximum atomic E-state index is 12.1. The standard InChI is InChI=1S/C28H49N3O2/c1-4-6-7-8-9-10-11-12-13-14-15-16-17-18-22-29-28(33)23-30-25-20-19-21-26(24(25)3)31-27(32)5-2/h19-21,30H,4-18,22-23H2,1-3H3,(H,29,33)(H,31,32). The van der Waals surface area contributed by atoms with E-state index in [1.165, 1.54) is 83.5 Å². The molecule has 1 aromatic carbocycles. The van der Waals surface area contributed by atoms with Crippen LogP contribution in [0.3, 0.4) is 0 Å². The number of benzene rings is 1. The highest BCUT2D eigenvalue weighted by Gasteiger charge is 2.08. The van der Waals surface area contributed by atoms with Crippen LogP contribution in [0.2, 0.25) is 0 Å². The van der Waals surface area contributed by atoms with E-state index in [0.717, 1.165) is 29.9 Å². The molecule has 1 rings (SSSR count). The molecule has 188 valence electrons. The summed E-state index contributed by atoms with van der Waals surface area (Å²) in [4.78, 5) is 23.8. The predicted octanol–water partition coefficient (Wildman–Crippen LogP) is 7.35. The van der Waals surface area contributed by atoms with Gasteiger partial charge in [-0.25, -0.2) is 0 Å². The number of amides is 2. The minimum Gasteiger partial charge on any atom is -0.376 e. The highest BCUT2D eigenvalue weighted by atomic mass is 16.2. The van der Waals surface area contributed by atoms with Gasteiger partial charge in [0, 0.05) is 24.3 Å². The largest absolute Gasteiger partial charge is 0.376 e. The van der Waals surface area contributed by atoms with Crippen LogP contribution in [0.5, 0.6) is 0 Å². The zero-order chi connectivity index (χ0) is 24.2. The third-order valence-electron chi connectivity index (χ3n) is 6.22. The summed E-state index contributed by atoms with van der Waals surface area (Å²) in [6.45, 7) is 7.03. The van der Waals surface area contributed by atoms with Gasteiger partial charge < -0.3 is 16.0 Å². The molecule has 0 aliphatic rings. The van der Waals surface area contributed by atoms with Crippen LogP contribution in [-0.2, 0) is 9.59 Å². The first-order valence-electron chi connectivity index (χ1n) is 13.5. The molecular formula is C28H49N3O2. The lowest BCUT2D eigenvalue weighted by Crippen LogP contribution is -2.30. The fraction of sp³-hybridized carbons (Fsp3) is 0.714. The molecule has 5 nitrogen and oxygen atoms in total. The van der Waals surface area contributed by atoms with Crippen molar-refractivity contribution in [1.82, 2.24) is 5.32 Å². The molecule has 0 fully saturated rings. The third kappa shape index (κ3) is 14.7. The Kier molecular flexibility index (Phi) is 17.1. The van der Waals surface area contributed by atoms with E-state index in [1.807, 2.05) is 32.0 Å². The van der Waals surface area contributed by atoms with Crippen molar-refractivity contribution in [2.75, 3.05) is 23.7 Å². The number of unbranched alkanes of at least 4 members (excludes halogenated alkanes) is 13. The van der Waals surface area contributed by atoms with Crippen molar-refractivity contribution >= 4 is 23.2 Å². The van der Waals surface area contributed by atoms with Gasteiger partial charge in [0.25, 0.3) is 0 Å². The number of hydrogen-bond donors (Lipinski definition) is 3. The van der Waals surface area contributed by atoms with E-state index in [4.69, 9.17) is 0 Å². The lowest BCUT2D eigenvalue weighted by Gasteiger charge is -2.14. The van der Waals surface area contributed by atoms with Crippen LogP contribution in [-0.4, -0.2) is 24.9 Å². The van der Waals surface area contributed by atoms with Gasteiger partial charge in [-0.15, -0.1) is 0 Å². The van der Waals surface area contributed by atoms with Crippen molar-refractivity contribution in [2.45, 2.75) is 117 Å². The van der Waals surface area contributed by atoms with E-state index in [9.17, 15) is 9.59 Å². The molecular weight excluding hydrogens is 410 g/mol. The van der Waals surface area contributed by atoms with Gasteiger partial charge in [0.2, 0.25) is 11.8 Å². The molecule has 3 N–H and O–H groups in total. The van der Waals surface area contributed by atoms with Crippen molar-refractivity contribution in [2.24, 2.45) is 0 Å². The molecule has 0 unspecified atom stereocenters. The fourth-order valence-electron chi connectivity index (χ4n) is 3.99. The van der Waals surface area contributed by atoms with E-state index < -0.39 is 0 Å². The second-order valence-electron chi connectivity index (χ2n) is 9.18. The van der Waals surface area contributed by atoms with Crippen molar-refractivity contribution in [3.8, 4) is 0 Å².